The lowest BCUT2D eigenvalue weighted by molar-refractivity contribution is -0.384. The van der Waals surface area contributed by atoms with Gasteiger partial charge in [0.25, 0.3) is 11.6 Å². The van der Waals surface area contributed by atoms with E-state index < -0.39 is 4.92 Å². The number of carbonyl (C=O) groups excluding carboxylic acids is 1. The van der Waals surface area contributed by atoms with Crippen LogP contribution < -0.4 is 10.1 Å². The Morgan fingerprint density at radius 2 is 2.04 bits per heavy atom. The van der Waals surface area contributed by atoms with Crippen LogP contribution in [0.25, 0.3) is 0 Å². The van der Waals surface area contributed by atoms with E-state index in [1.165, 1.54) is 25.3 Å². The summed E-state index contributed by atoms with van der Waals surface area (Å²) in [7, 11) is 1.45. The second-order valence-corrected chi connectivity index (χ2v) is 6.08. The zero-order chi connectivity index (χ0) is 17.5. The van der Waals surface area contributed by atoms with Crippen molar-refractivity contribution in [3.63, 3.8) is 0 Å². The Kier molecular flexibility index (Phi) is 6.20. The average Bonchev–Trinajstić information content (AvgIpc) is 2.60. The summed E-state index contributed by atoms with van der Waals surface area (Å²) < 4.78 is 5.17. The minimum absolute atomic E-state index is 0.111. The molecular formula is C17H18N2O4S. The largest absolute Gasteiger partial charge is 0.495 e. The zero-order valence-corrected chi connectivity index (χ0v) is 14.3. The van der Waals surface area contributed by atoms with Crippen molar-refractivity contribution >= 4 is 29.0 Å². The minimum Gasteiger partial charge on any atom is -0.495 e. The number of benzene rings is 2. The van der Waals surface area contributed by atoms with Crippen molar-refractivity contribution in [2.45, 2.75) is 18.2 Å². The first-order valence-corrected chi connectivity index (χ1v) is 8.41. The van der Waals surface area contributed by atoms with E-state index in [0.29, 0.717) is 11.3 Å². The van der Waals surface area contributed by atoms with Crippen LogP contribution >= 0.6 is 11.8 Å². The first-order valence-electron chi connectivity index (χ1n) is 7.42. The molecule has 0 aliphatic rings. The summed E-state index contributed by atoms with van der Waals surface area (Å²) in [5, 5.41) is 13.6. The van der Waals surface area contributed by atoms with Gasteiger partial charge in [-0.15, -0.1) is 11.8 Å². The summed E-state index contributed by atoms with van der Waals surface area (Å²) in [6.07, 6.45) is 0.999. The summed E-state index contributed by atoms with van der Waals surface area (Å²) in [6, 6.07) is 11.4. The highest BCUT2D eigenvalue weighted by Gasteiger charge is 2.16. The van der Waals surface area contributed by atoms with Gasteiger partial charge in [-0.1, -0.05) is 19.1 Å². The summed E-state index contributed by atoms with van der Waals surface area (Å²) >= 11 is 1.60. The lowest BCUT2D eigenvalue weighted by Gasteiger charge is -2.12. The molecule has 1 N–H and O–H groups in total. The van der Waals surface area contributed by atoms with Crippen LogP contribution in [0.15, 0.2) is 47.4 Å². The van der Waals surface area contributed by atoms with Gasteiger partial charge >= 0.3 is 0 Å². The van der Waals surface area contributed by atoms with Crippen LogP contribution in [-0.4, -0.2) is 23.7 Å². The molecule has 0 radical (unpaired) electrons. The van der Waals surface area contributed by atoms with Gasteiger partial charge in [0.2, 0.25) is 0 Å². The normalized spacial score (nSPS) is 10.2. The van der Waals surface area contributed by atoms with E-state index in [-0.39, 0.29) is 17.3 Å². The molecule has 24 heavy (non-hydrogen) atoms. The SMILES string of the molecule is CCCSc1ccccc1C(=O)Nc1cc([N+](=O)[O-])ccc1OC. The van der Waals surface area contributed by atoms with Gasteiger partial charge in [0.1, 0.15) is 5.75 Å². The van der Waals surface area contributed by atoms with Gasteiger partial charge in [-0.3, -0.25) is 14.9 Å². The van der Waals surface area contributed by atoms with Crippen LogP contribution in [-0.2, 0) is 0 Å². The molecule has 0 saturated carbocycles. The number of nitro benzene ring substituents is 1. The van der Waals surface area contributed by atoms with E-state index in [4.69, 9.17) is 4.74 Å². The van der Waals surface area contributed by atoms with Gasteiger partial charge in [-0.2, -0.15) is 0 Å². The molecule has 6 nitrogen and oxygen atoms in total. The maximum atomic E-state index is 12.6. The van der Waals surface area contributed by atoms with Crippen LogP contribution in [0.4, 0.5) is 11.4 Å². The van der Waals surface area contributed by atoms with Gasteiger partial charge < -0.3 is 10.1 Å². The van der Waals surface area contributed by atoms with E-state index in [2.05, 4.69) is 12.2 Å². The van der Waals surface area contributed by atoms with Gasteiger partial charge in [-0.05, 0) is 30.4 Å². The van der Waals surface area contributed by atoms with Crippen LogP contribution in [0.1, 0.15) is 23.7 Å². The van der Waals surface area contributed by atoms with Crippen molar-refractivity contribution in [2.24, 2.45) is 0 Å². The molecule has 0 aliphatic heterocycles. The fourth-order valence-electron chi connectivity index (χ4n) is 2.09. The lowest BCUT2D eigenvalue weighted by atomic mass is 10.2. The number of rotatable bonds is 7. The third kappa shape index (κ3) is 4.26. The predicted molar refractivity (Wildman–Crippen MR) is 95.1 cm³/mol. The van der Waals surface area contributed by atoms with Gasteiger partial charge in [0.05, 0.1) is 23.3 Å². The standard InChI is InChI=1S/C17H18N2O4S/c1-3-10-24-16-7-5-4-6-13(16)17(20)18-14-11-12(19(21)22)8-9-15(14)23-2/h4-9,11H,3,10H2,1-2H3,(H,18,20). The fraction of sp³-hybridized carbons (Fsp3) is 0.235. The molecule has 7 heteroatoms. The summed E-state index contributed by atoms with van der Waals surface area (Å²) in [5.74, 6) is 0.949. The number of non-ortho nitro benzene ring substituents is 1. The Morgan fingerprint density at radius 3 is 2.71 bits per heavy atom. The number of hydrogen-bond acceptors (Lipinski definition) is 5. The van der Waals surface area contributed by atoms with Gasteiger partial charge in [-0.25, -0.2) is 0 Å². The monoisotopic (exact) mass is 346 g/mol. The van der Waals surface area contributed by atoms with Crippen molar-refractivity contribution in [3.8, 4) is 5.75 Å². The summed E-state index contributed by atoms with van der Waals surface area (Å²) in [4.78, 5) is 23.9. The molecule has 0 atom stereocenters. The van der Waals surface area contributed by atoms with Crippen molar-refractivity contribution in [2.75, 3.05) is 18.2 Å². The predicted octanol–water partition coefficient (Wildman–Crippen LogP) is 4.36. The minimum atomic E-state index is -0.514. The van der Waals surface area contributed by atoms with E-state index in [0.717, 1.165) is 17.1 Å². The Balaban J connectivity index is 2.29. The van der Waals surface area contributed by atoms with E-state index >= 15 is 0 Å². The Bertz CT molecular complexity index is 749. The fourth-order valence-corrected chi connectivity index (χ4v) is 3.00. The molecule has 0 saturated heterocycles. The van der Waals surface area contributed by atoms with Crippen LogP contribution in [0.2, 0.25) is 0 Å². The van der Waals surface area contributed by atoms with E-state index in [1.807, 2.05) is 12.1 Å². The molecule has 2 aromatic rings. The number of amides is 1. The van der Waals surface area contributed by atoms with E-state index in [1.54, 1.807) is 23.9 Å². The topological polar surface area (TPSA) is 81.5 Å². The smallest absolute Gasteiger partial charge is 0.271 e. The Hall–Kier alpha value is -2.54. The Morgan fingerprint density at radius 1 is 1.29 bits per heavy atom. The maximum Gasteiger partial charge on any atom is 0.271 e. The Labute approximate surface area is 144 Å². The number of carbonyl (C=O) groups is 1. The molecule has 0 fully saturated rings. The molecule has 0 heterocycles. The van der Waals surface area contributed by atoms with Gasteiger partial charge in [0, 0.05) is 17.0 Å². The number of methoxy groups -OCH3 is 1. The van der Waals surface area contributed by atoms with Gasteiger partial charge in [0.15, 0.2) is 0 Å². The number of anilines is 1. The summed E-state index contributed by atoms with van der Waals surface area (Å²) in [5.41, 5.74) is 0.691. The third-order valence-electron chi connectivity index (χ3n) is 3.24. The van der Waals surface area contributed by atoms with Crippen molar-refractivity contribution in [3.05, 3.63) is 58.1 Å². The molecule has 126 valence electrons. The molecule has 0 unspecified atom stereocenters. The quantitative estimate of drug-likeness (QED) is 0.458. The number of nitro groups is 1. The molecule has 2 aromatic carbocycles. The highest BCUT2D eigenvalue weighted by molar-refractivity contribution is 7.99. The van der Waals surface area contributed by atoms with E-state index in [9.17, 15) is 14.9 Å². The number of hydrogen-bond donors (Lipinski definition) is 1. The molecule has 0 aliphatic carbocycles. The lowest BCUT2D eigenvalue weighted by Crippen LogP contribution is -2.14. The van der Waals surface area contributed by atoms with Crippen molar-refractivity contribution < 1.29 is 14.5 Å². The molecular weight excluding hydrogens is 328 g/mol. The first kappa shape index (κ1) is 17.8. The molecule has 2 rings (SSSR count). The zero-order valence-electron chi connectivity index (χ0n) is 13.4. The van der Waals surface area contributed by atoms with Crippen LogP contribution in [0.5, 0.6) is 5.75 Å². The number of thioether (sulfide) groups is 1. The highest BCUT2D eigenvalue weighted by atomic mass is 32.2. The number of ether oxygens (including phenoxy) is 1. The average molecular weight is 346 g/mol. The molecule has 0 spiro atoms. The maximum absolute atomic E-state index is 12.6. The highest BCUT2D eigenvalue weighted by Crippen LogP contribution is 2.30. The summed E-state index contributed by atoms with van der Waals surface area (Å²) in [6.45, 7) is 2.07. The second kappa shape index (κ2) is 8.35. The molecule has 1 amide bonds. The van der Waals surface area contributed by atoms with Crippen LogP contribution in [0.3, 0.4) is 0 Å². The third-order valence-corrected chi connectivity index (χ3v) is 4.51. The second-order valence-electron chi connectivity index (χ2n) is 4.94. The van der Waals surface area contributed by atoms with Crippen LogP contribution in [0, 0.1) is 10.1 Å². The molecule has 0 aromatic heterocycles. The number of nitrogens with one attached hydrogen (secondary N) is 1. The van der Waals surface area contributed by atoms with Crippen molar-refractivity contribution in [1.29, 1.82) is 0 Å². The first-order chi connectivity index (χ1) is 11.6. The number of nitrogens with zero attached hydrogens (tertiary/aromatic N) is 1. The molecule has 0 bridgehead atoms. The van der Waals surface area contributed by atoms with Crippen molar-refractivity contribution in [1.82, 2.24) is 0 Å².